The predicted molar refractivity (Wildman–Crippen MR) is 119 cm³/mol. The van der Waals surface area contributed by atoms with Crippen LogP contribution in [0.15, 0.2) is 17.1 Å². The van der Waals surface area contributed by atoms with Crippen molar-refractivity contribution in [2.45, 2.75) is 39.2 Å². The Morgan fingerprint density at radius 3 is 2.13 bits per heavy atom. The lowest BCUT2D eigenvalue weighted by molar-refractivity contribution is -0.138. The molecule has 1 fully saturated rings. The average molecular weight is 421 g/mol. The van der Waals surface area contributed by atoms with Gasteiger partial charge in [0, 0.05) is 27.2 Å². The predicted octanol–water partition coefficient (Wildman–Crippen LogP) is 2.42. The molecule has 1 aliphatic rings. The van der Waals surface area contributed by atoms with Crippen LogP contribution in [0.25, 0.3) is 0 Å². The number of hydrogen-bond acceptors (Lipinski definition) is 5. The van der Waals surface area contributed by atoms with Gasteiger partial charge in [-0.1, -0.05) is 12.8 Å². The van der Waals surface area contributed by atoms with Crippen molar-refractivity contribution in [3.8, 4) is 17.2 Å². The average Bonchev–Trinajstić information content (AvgIpc) is 3.24. The van der Waals surface area contributed by atoms with Gasteiger partial charge in [0.15, 0.2) is 17.5 Å². The number of guanidine groups is 1. The van der Waals surface area contributed by atoms with Gasteiger partial charge in [-0.15, -0.1) is 0 Å². The zero-order valence-corrected chi connectivity index (χ0v) is 19.1. The summed E-state index contributed by atoms with van der Waals surface area (Å²) in [5, 5.41) is 6.66. The van der Waals surface area contributed by atoms with Gasteiger partial charge in [0.05, 0.1) is 33.3 Å². The van der Waals surface area contributed by atoms with Crippen LogP contribution in [0, 0.1) is 5.41 Å². The first-order valence-electron chi connectivity index (χ1n) is 10.4. The van der Waals surface area contributed by atoms with E-state index in [2.05, 4.69) is 10.6 Å². The second kappa shape index (κ2) is 10.9. The molecule has 8 heteroatoms. The highest BCUT2D eigenvalue weighted by Crippen LogP contribution is 2.39. The summed E-state index contributed by atoms with van der Waals surface area (Å²) in [6.07, 6.45) is 3.98. The van der Waals surface area contributed by atoms with Crippen molar-refractivity contribution in [3.63, 3.8) is 0 Å². The smallest absolute Gasteiger partial charge is 0.230 e. The van der Waals surface area contributed by atoms with Crippen LogP contribution < -0.4 is 24.8 Å². The van der Waals surface area contributed by atoms with Gasteiger partial charge in [-0.25, -0.2) is 4.99 Å². The van der Waals surface area contributed by atoms with Gasteiger partial charge in [0.25, 0.3) is 0 Å². The van der Waals surface area contributed by atoms with E-state index in [1.165, 1.54) is 0 Å². The first-order chi connectivity index (χ1) is 14.4. The van der Waals surface area contributed by atoms with Crippen LogP contribution in [0.2, 0.25) is 0 Å². The molecule has 0 spiro atoms. The number of methoxy groups -OCH3 is 3. The molecule has 1 aliphatic carbocycles. The van der Waals surface area contributed by atoms with Gasteiger partial charge < -0.3 is 29.7 Å². The van der Waals surface area contributed by atoms with E-state index in [1.54, 1.807) is 26.2 Å². The van der Waals surface area contributed by atoms with Crippen molar-refractivity contribution >= 4 is 11.9 Å². The van der Waals surface area contributed by atoms with Crippen LogP contribution >= 0.6 is 0 Å². The topological polar surface area (TPSA) is 84.4 Å². The van der Waals surface area contributed by atoms with Gasteiger partial charge in [0.2, 0.25) is 11.7 Å². The molecule has 2 N–H and O–H groups in total. The van der Waals surface area contributed by atoms with E-state index in [-0.39, 0.29) is 11.3 Å². The summed E-state index contributed by atoms with van der Waals surface area (Å²) in [6, 6.07) is 3.78. The number of aliphatic imine (C=N–C) groups is 1. The van der Waals surface area contributed by atoms with Crippen LogP contribution in [0.3, 0.4) is 0 Å². The van der Waals surface area contributed by atoms with Crippen molar-refractivity contribution in [1.29, 1.82) is 0 Å². The summed E-state index contributed by atoms with van der Waals surface area (Å²) < 4.78 is 16.2. The first-order valence-corrected chi connectivity index (χ1v) is 10.4. The summed E-state index contributed by atoms with van der Waals surface area (Å²) >= 11 is 0. The molecule has 0 heterocycles. The van der Waals surface area contributed by atoms with Gasteiger partial charge in [-0.3, -0.25) is 4.79 Å². The van der Waals surface area contributed by atoms with Crippen molar-refractivity contribution in [2.24, 2.45) is 10.4 Å². The summed E-state index contributed by atoms with van der Waals surface area (Å²) in [5.41, 5.74) is 0.577. The monoisotopic (exact) mass is 420 g/mol. The largest absolute Gasteiger partial charge is 0.493 e. The number of nitrogens with zero attached hydrogens (tertiary/aromatic N) is 2. The third-order valence-electron chi connectivity index (χ3n) is 5.50. The zero-order chi connectivity index (χ0) is 22.1. The molecule has 0 aromatic heterocycles. The molecule has 1 aromatic rings. The molecule has 0 aliphatic heterocycles. The van der Waals surface area contributed by atoms with Gasteiger partial charge in [-0.05, 0) is 37.5 Å². The molecule has 168 valence electrons. The molecule has 0 atom stereocenters. The molecule has 8 nitrogen and oxygen atoms in total. The number of ether oxygens (including phenoxy) is 3. The molecule has 2 rings (SSSR count). The number of carbonyl (C=O) groups excluding carboxylic acids is 1. The number of hydrogen-bond donors (Lipinski definition) is 2. The van der Waals surface area contributed by atoms with Crippen molar-refractivity contribution in [2.75, 3.05) is 48.5 Å². The summed E-state index contributed by atoms with van der Waals surface area (Å²) in [4.78, 5) is 19.2. The highest BCUT2D eigenvalue weighted by atomic mass is 16.5. The van der Waals surface area contributed by atoms with Crippen molar-refractivity contribution in [1.82, 2.24) is 15.5 Å². The number of benzene rings is 1. The molecule has 1 aromatic carbocycles. The third-order valence-corrected chi connectivity index (χ3v) is 5.50. The maximum absolute atomic E-state index is 12.8. The Hall–Kier alpha value is -2.64. The lowest BCUT2D eigenvalue weighted by Crippen LogP contribution is -2.49. The molecule has 30 heavy (non-hydrogen) atoms. The number of nitrogens with one attached hydrogen (secondary N) is 2. The van der Waals surface area contributed by atoms with E-state index in [1.807, 2.05) is 33.2 Å². The van der Waals surface area contributed by atoms with E-state index in [0.29, 0.717) is 36.3 Å². The van der Waals surface area contributed by atoms with Crippen LogP contribution in [0.5, 0.6) is 17.2 Å². The normalized spacial score (nSPS) is 15.5. The minimum atomic E-state index is -0.355. The Morgan fingerprint density at radius 1 is 1.07 bits per heavy atom. The fourth-order valence-corrected chi connectivity index (χ4v) is 3.98. The van der Waals surface area contributed by atoms with Crippen LogP contribution in [-0.4, -0.2) is 65.3 Å². The molecule has 0 saturated heterocycles. The highest BCUT2D eigenvalue weighted by molar-refractivity contribution is 5.85. The number of rotatable bonds is 9. The maximum atomic E-state index is 12.8. The SMILES string of the molecule is CCNC(=NCc1cc(OC)c(OC)c(OC)c1)NCC1(C(=O)N(C)C)CCCC1. The Kier molecular flexibility index (Phi) is 8.62. The Balaban J connectivity index is 2.17. The molecular formula is C22H36N4O4. The molecule has 1 amide bonds. The molecule has 1 saturated carbocycles. The minimum absolute atomic E-state index is 0.188. The molecule has 0 unspecified atom stereocenters. The standard InChI is InChI=1S/C22H36N4O4/c1-7-23-21(25-15-22(10-8-9-11-22)20(27)26(2)3)24-14-16-12-17(28-4)19(30-6)18(13-16)29-5/h12-13H,7-11,14-15H2,1-6H3,(H2,23,24,25). The minimum Gasteiger partial charge on any atom is -0.493 e. The van der Waals surface area contributed by atoms with Gasteiger partial charge in [-0.2, -0.15) is 0 Å². The van der Waals surface area contributed by atoms with Crippen LogP contribution in [-0.2, 0) is 11.3 Å². The lowest BCUT2D eigenvalue weighted by atomic mass is 9.84. The van der Waals surface area contributed by atoms with Crippen LogP contribution in [0.4, 0.5) is 0 Å². The Bertz CT molecular complexity index is 718. The van der Waals surface area contributed by atoms with E-state index in [9.17, 15) is 4.79 Å². The number of carbonyl (C=O) groups is 1. The fraction of sp³-hybridized carbons (Fsp3) is 0.636. The Labute approximate surface area is 180 Å². The van der Waals surface area contributed by atoms with E-state index in [0.717, 1.165) is 37.8 Å². The van der Waals surface area contributed by atoms with Crippen molar-refractivity contribution in [3.05, 3.63) is 17.7 Å². The summed E-state index contributed by atoms with van der Waals surface area (Å²) in [6.45, 7) is 3.76. The summed E-state index contributed by atoms with van der Waals surface area (Å²) in [7, 11) is 8.43. The zero-order valence-electron chi connectivity index (χ0n) is 19.1. The molecule has 0 radical (unpaired) electrons. The fourth-order valence-electron chi connectivity index (χ4n) is 3.98. The highest BCUT2D eigenvalue weighted by Gasteiger charge is 2.42. The van der Waals surface area contributed by atoms with Gasteiger partial charge >= 0.3 is 0 Å². The third kappa shape index (κ3) is 5.49. The maximum Gasteiger partial charge on any atom is 0.230 e. The first kappa shape index (κ1) is 23.6. The summed E-state index contributed by atoms with van der Waals surface area (Å²) in [5.74, 6) is 2.63. The molecular weight excluding hydrogens is 384 g/mol. The second-order valence-electron chi connectivity index (χ2n) is 7.77. The number of amides is 1. The lowest BCUT2D eigenvalue weighted by Gasteiger charge is -2.31. The second-order valence-corrected chi connectivity index (χ2v) is 7.77. The van der Waals surface area contributed by atoms with E-state index >= 15 is 0 Å². The molecule has 0 bridgehead atoms. The van der Waals surface area contributed by atoms with Crippen LogP contribution in [0.1, 0.15) is 38.2 Å². The Morgan fingerprint density at radius 2 is 1.67 bits per heavy atom. The van der Waals surface area contributed by atoms with E-state index < -0.39 is 0 Å². The van der Waals surface area contributed by atoms with Gasteiger partial charge in [0.1, 0.15) is 0 Å². The van der Waals surface area contributed by atoms with Crippen molar-refractivity contribution < 1.29 is 19.0 Å². The quantitative estimate of drug-likeness (QED) is 0.472. The van der Waals surface area contributed by atoms with E-state index in [4.69, 9.17) is 19.2 Å².